The highest BCUT2D eigenvalue weighted by Gasteiger charge is 2.27. The highest BCUT2D eigenvalue weighted by molar-refractivity contribution is 5.93. The Labute approximate surface area is 112 Å². The number of nitrogens with one attached hydrogen (secondary N) is 1. The van der Waals surface area contributed by atoms with Crippen molar-refractivity contribution in [3.05, 3.63) is 18.0 Å². The number of anilines is 1. The van der Waals surface area contributed by atoms with Gasteiger partial charge in [0.05, 0.1) is 5.69 Å². The number of nitrogens with zero attached hydrogens (tertiary/aromatic N) is 1. The summed E-state index contributed by atoms with van der Waals surface area (Å²) in [5.74, 6) is -0.413. The van der Waals surface area contributed by atoms with Crippen LogP contribution in [0.25, 0.3) is 0 Å². The van der Waals surface area contributed by atoms with Gasteiger partial charge in [0.2, 0.25) is 5.91 Å². The molecule has 19 heavy (non-hydrogen) atoms. The van der Waals surface area contributed by atoms with E-state index in [0.717, 1.165) is 19.3 Å². The molecule has 0 bridgehead atoms. The number of nitrogens with two attached hydrogens (primary N) is 2. The Hall–Kier alpha value is -1.98. The molecule has 104 valence electrons. The van der Waals surface area contributed by atoms with Crippen molar-refractivity contribution in [1.29, 1.82) is 0 Å². The molecule has 2 rings (SSSR count). The molecule has 1 saturated carbocycles. The number of hydrogen-bond acceptors (Lipinski definition) is 3. The first-order chi connectivity index (χ1) is 9.08. The van der Waals surface area contributed by atoms with Crippen molar-refractivity contribution >= 4 is 17.5 Å². The van der Waals surface area contributed by atoms with Crippen LogP contribution >= 0.6 is 0 Å². The lowest BCUT2D eigenvalue weighted by atomic mass is 10.2. The van der Waals surface area contributed by atoms with E-state index in [1.54, 1.807) is 6.07 Å². The third-order valence-electron chi connectivity index (χ3n) is 3.18. The van der Waals surface area contributed by atoms with Gasteiger partial charge in [-0.3, -0.25) is 9.59 Å². The lowest BCUT2D eigenvalue weighted by Crippen LogP contribution is -2.26. The molecule has 6 nitrogen and oxygen atoms in total. The smallest absolute Gasteiger partial charge is 0.267 e. The number of rotatable bonds is 7. The second-order valence-corrected chi connectivity index (χ2v) is 4.98. The number of hydrogen-bond donors (Lipinski definition) is 3. The van der Waals surface area contributed by atoms with Crippen LogP contribution in [0.2, 0.25) is 0 Å². The molecule has 0 aliphatic heterocycles. The minimum Gasteiger partial charge on any atom is -0.397 e. The molecule has 1 aromatic heterocycles. The Bertz CT molecular complexity index is 477. The van der Waals surface area contributed by atoms with Crippen LogP contribution in [0, 0.1) is 0 Å². The zero-order valence-corrected chi connectivity index (χ0v) is 10.9. The minimum absolute atomic E-state index is 0.109. The van der Waals surface area contributed by atoms with Gasteiger partial charge in [-0.1, -0.05) is 0 Å². The summed E-state index contributed by atoms with van der Waals surface area (Å²) in [4.78, 5) is 22.6. The summed E-state index contributed by atoms with van der Waals surface area (Å²) in [6.45, 7) is 0.544. The molecule has 1 aliphatic rings. The number of carbonyl (C=O) groups excluding carboxylic acids is 2. The number of aromatic nitrogens is 1. The maximum absolute atomic E-state index is 12.0. The van der Waals surface area contributed by atoms with Crippen LogP contribution in [0.3, 0.4) is 0 Å². The molecule has 1 aromatic rings. The molecule has 1 fully saturated rings. The lowest BCUT2D eigenvalue weighted by molar-refractivity contribution is -0.118. The molecule has 0 saturated heterocycles. The third kappa shape index (κ3) is 3.74. The van der Waals surface area contributed by atoms with Crippen LogP contribution < -0.4 is 16.8 Å². The largest absolute Gasteiger partial charge is 0.397 e. The van der Waals surface area contributed by atoms with Crippen LogP contribution in [0.4, 0.5) is 5.69 Å². The summed E-state index contributed by atoms with van der Waals surface area (Å²) in [6.07, 6.45) is 5.83. The van der Waals surface area contributed by atoms with Crippen LogP contribution in [0.5, 0.6) is 0 Å². The highest BCUT2D eigenvalue weighted by Crippen LogP contribution is 2.37. The van der Waals surface area contributed by atoms with Crippen LogP contribution in [0.1, 0.15) is 48.6 Å². The van der Waals surface area contributed by atoms with Crippen LogP contribution in [0.15, 0.2) is 12.3 Å². The summed E-state index contributed by atoms with van der Waals surface area (Å²) >= 11 is 0. The van der Waals surface area contributed by atoms with Crippen LogP contribution in [-0.2, 0) is 4.79 Å². The second-order valence-electron chi connectivity index (χ2n) is 4.98. The normalized spacial score (nSPS) is 14.3. The van der Waals surface area contributed by atoms with E-state index in [1.807, 2.05) is 10.8 Å². The van der Waals surface area contributed by atoms with Gasteiger partial charge in [0, 0.05) is 25.2 Å². The standard InChI is InChI=1S/C13H20N4O2/c14-9-7-11(17(8-9)10-4-5-10)13(19)16-6-2-1-3-12(15)18/h7-8,10H,1-6,14H2,(H2,15,18)(H,16,19). The molecule has 1 heterocycles. The Kier molecular flexibility index (Phi) is 4.09. The van der Waals surface area contributed by atoms with E-state index in [0.29, 0.717) is 36.8 Å². The Morgan fingerprint density at radius 2 is 2.11 bits per heavy atom. The van der Waals surface area contributed by atoms with Gasteiger partial charge >= 0.3 is 0 Å². The molecular weight excluding hydrogens is 244 g/mol. The quantitative estimate of drug-likeness (QED) is 0.634. The van der Waals surface area contributed by atoms with Gasteiger partial charge in [-0.25, -0.2) is 0 Å². The first-order valence-electron chi connectivity index (χ1n) is 6.62. The first-order valence-corrected chi connectivity index (χ1v) is 6.62. The molecule has 0 aromatic carbocycles. The van der Waals surface area contributed by atoms with Crippen molar-refractivity contribution in [3.8, 4) is 0 Å². The van der Waals surface area contributed by atoms with E-state index in [2.05, 4.69) is 5.32 Å². The summed E-state index contributed by atoms with van der Waals surface area (Å²) in [5, 5.41) is 2.84. The molecule has 0 spiro atoms. The molecular formula is C13H20N4O2. The van der Waals surface area contributed by atoms with Crippen LogP contribution in [-0.4, -0.2) is 22.9 Å². The summed E-state index contributed by atoms with van der Waals surface area (Å²) in [5.41, 5.74) is 12.0. The fourth-order valence-electron chi connectivity index (χ4n) is 2.05. The molecule has 0 atom stereocenters. The van der Waals surface area contributed by atoms with Gasteiger partial charge in [-0.15, -0.1) is 0 Å². The van der Waals surface area contributed by atoms with Crippen molar-refractivity contribution in [2.24, 2.45) is 5.73 Å². The van der Waals surface area contributed by atoms with E-state index in [9.17, 15) is 9.59 Å². The molecule has 0 unspecified atom stereocenters. The van der Waals surface area contributed by atoms with Crippen molar-refractivity contribution in [2.75, 3.05) is 12.3 Å². The lowest BCUT2D eigenvalue weighted by Gasteiger charge is -2.08. The predicted molar refractivity (Wildman–Crippen MR) is 72.5 cm³/mol. The van der Waals surface area contributed by atoms with Crippen molar-refractivity contribution in [3.63, 3.8) is 0 Å². The number of amides is 2. The molecule has 2 amide bonds. The third-order valence-corrected chi connectivity index (χ3v) is 3.18. The topological polar surface area (TPSA) is 103 Å². The van der Waals surface area contributed by atoms with Gasteiger partial charge in [-0.2, -0.15) is 0 Å². The van der Waals surface area contributed by atoms with E-state index in [4.69, 9.17) is 11.5 Å². The maximum Gasteiger partial charge on any atom is 0.267 e. The average molecular weight is 264 g/mol. The number of nitrogen functional groups attached to an aromatic ring is 1. The van der Waals surface area contributed by atoms with E-state index < -0.39 is 0 Å². The molecule has 6 heteroatoms. The van der Waals surface area contributed by atoms with Gasteiger partial charge in [0.25, 0.3) is 5.91 Å². The molecule has 0 radical (unpaired) electrons. The van der Waals surface area contributed by atoms with Gasteiger partial charge in [0.15, 0.2) is 0 Å². The predicted octanol–water partition coefficient (Wildman–Crippen LogP) is 0.791. The minimum atomic E-state index is -0.304. The van der Waals surface area contributed by atoms with Gasteiger partial charge in [0.1, 0.15) is 5.69 Å². The Balaban J connectivity index is 1.81. The van der Waals surface area contributed by atoms with E-state index >= 15 is 0 Å². The summed E-state index contributed by atoms with van der Waals surface area (Å²) < 4.78 is 1.95. The zero-order valence-electron chi connectivity index (χ0n) is 10.9. The van der Waals surface area contributed by atoms with Crippen molar-refractivity contribution in [1.82, 2.24) is 9.88 Å². The first kappa shape index (κ1) is 13.5. The summed E-state index contributed by atoms with van der Waals surface area (Å²) in [6, 6.07) is 2.13. The van der Waals surface area contributed by atoms with Gasteiger partial charge in [-0.05, 0) is 31.7 Å². The summed E-state index contributed by atoms with van der Waals surface area (Å²) in [7, 11) is 0. The Morgan fingerprint density at radius 1 is 1.37 bits per heavy atom. The maximum atomic E-state index is 12.0. The number of carbonyl (C=O) groups is 2. The number of primary amides is 1. The fourth-order valence-corrected chi connectivity index (χ4v) is 2.05. The van der Waals surface area contributed by atoms with E-state index in [1.165, 1.54) is 0 Å². The monoisotopic (exact) mass is 264 g/mol. The average Bonchev–Trinajstić information content (AvgIpc) is 3.11. The Morgan fingerprint density at radius 3 is 2.74 bits per heavy atom. The fraction of sp³-hybridized carbons (Fsp3) is 0.538. The van der Waals surface area contributed by atoms with E-state index in [-0.39, 0.29) is 11.8 Å². The zero-order chi connectivity index (χ0) is 13.8. The highest BCUT2D eigenvalue weighted by atomic mass is 16.2. The van der Waals surface area contributed by atoms with Gasteiger partial charge < -0.3 is 21.4 Å². The second kappa shape index (κ2) is 5.77. The molecule has 5 N–H and O–H groups in total. The van der Waals surface area contributed by atoms with Crippen molar-refractivity contribution in [2.45, 2.75) is 38.1 Å². The number of unbranched alkanes of at least 4 members (excludes halogenated alkanes) is 1. The SMILES string of the molecule is NC(=O)CCCCNC(=O)c1cc(N)cn1C1CC1. The van der Waals surface area contributed by atoms with Crippen molar-refractivity contribution < 1.29 is 9.59 Å². The molecule has 1 aliphatic carbocycles.